The van der Waals surface area contributed by atoms with E-state index < -0.39 is 0 Å². The van der Waals surface area contributed by atoms with Gasteiger partial charge in [-0.3, -0.25) is 9.59 Å². The standard InChI is InChI=1S/C31H34N2O4/c1-22(9-8-14-29(35)33-20-26-13-7-6-12-25(26)19-28(33)21-34)30(37-2)23-15-17-27(18-16-23)32-31(36)24-10-4-3-5-11-24/h3-13,15-18,22,28,30,34H,14,19-21H2,1-2H3,(H,32,36)/b9-8+/t22-,28-,30+/m0/s1. The molecule has 2 amide bonds. The van der Waals surface area contributed by atoms with E-state index in [1.165, 1.54) is 5.56 Å². The van der Waals surface area contributed by atoms with E-state index in [4.69, 9.17) is 4.74 Å². The number of benzene rings is 3. The van der Waals surface area contributed by atoms with Crippen LogP contribution in [-0.4, -0.2) is 41.6 Å². The number of methoxy groups -OCH3 is 1. The first-order valence-corrected chi connectivity index (χ1v) is 12.6. The van der Waals surface area contributed by atoms with Crippen LogP contribution in [-0.2, 0) is 22.5 Å². The molecule has 6 nitrogen and oxygen atoms in total. The van der Waals surface area contributed by atoms with Crippen LogP contribution in [0.2, 0.25) is 0 Å². The summed E-state index contributed by atoms with van der Waals surface area (Å²) in [5.41, 5.74) is 4.64. The molecule has 0 radical (unpaired) electrons. The van der Waals surface area contributed by atoms with Crippen molar-refractivity contribution in [2.24, 2.45) is 5.92 Å². The van der Waals surface area contributed by atoms with Crippen molar-refractivity contribution >= 4 is 17.5 Å². The van der Waals surface area contributed by atoms with Crippen LogP contribution in [0.25, 0.3) is 0 Å². The van der Waals surface area contributed by atoms with Gasteiger partial charge in [-0.1, -0.05) is 73.7 Å². The Labute approximate surface area is 218 Å². The topological polar surface area (TPSA) is 78.9 Å². The first-order chi connectivity index (χ1) is 18.0. The second kappa shape index (κ2) is 12.5. The number of rotatable bonds is 9. The third-order valence-corrected chi connectivity index (χ3v) is 6.88. The van der Waals surface area contributed by atoms with Gasteiger partial charge in [0.15, 0.2) is 0 Å². The lowest BCUT2D eigenvalue weighted by Gasteiger charge is -2.36. The largest absolute Gasteiger partial charge is 0.394 e. The Morgan fingerprint density at radius 3 is 2.38 bits per heavy atom. The average molecular weight is 499 g/mol. The number of ether oxygens (including phenoxy) is 1. The average Bonchev–Trinajstić information content (AvgIpc) is 2.94. The number of amides is 2. The van der Waals surface area contributed by atoms with Crippen molar-refractivity contribution in [3.05, 3.63) is 113 Å². The highest BCUT2D eigenvalue weighted by molar-refractivity contribution is 6.04. The number of aliphatic hydroxyl groups is 1. The summed E-state index contributed by atoms with van der Waals surface area (Å²) >= 11 is 0. The lowest BCUT2D eigenvalue weighted by molar-refractivity contribution is -0.134. The lowest BCUT2D eigenvalue weighted by Crippen LogP contribution is -2.46. The van der Waals surface area contributed by atoms with E-state index in [2.05, 4.69) is 11.4 Å². The SMILES string of the molecule is CO[C@@H](c1ccc(NC(=O)c2ccccc2)cc1)[C@@H](C)/C=C/CC(=O)N1Cc2ccccc2C[C@H]1CO. The number of nitrogens with zero attached hydrogens (tertiary/aromatic N) is 1. The van der Waals surface area contributed by atoms with Crippen molar-refractivity contribution in [2.75, 3.05) is 19.0 Å². The third-order valence-electron chi connectivity index (χ3n) is 6.88. The first kappa shape index (κ1) is 26.3. The van der Waals surface area contributed by atoms with E-state index in [1.54, 1.807) is 24.1 Å². The van der Waals surface area contributed by atoms with Crippen LogP contribution in [0, 0.1) is 5.92 Å². The minimum atomic E-state index is -0.197. The van der Waals surface area contributed by atoms with Crippen molar-refractivity contribution in [1.82, 2.24) is 4.90 Å². The number of carbonyl (C=O) groups is 2. The molecule has 4 rings (SSSR count). The van der Waals surface area contributed by atoms with Crippen molar-refractivity contribution in [1.29, 1.82) is 0 Å². The normalized spacial score (nSPS) is 16.7. The highest BCUT2D eigenvalue weighted by Crippen LogP contribution is 2.28. The summed E-state index contributed by atoms with van der Waals surface area (Å²) < 4.78 is 5.77. The summed E-state index contributed by atoms with van der Waals surface area (Å²) in [7, 11) is 1.67. The predicted molar refractivity (Wildman–Crippen MR) is 145 cm³/mol. The van der Waals surface area contributed by atoms with Crippen molar-refractivity contribution in [3.63, 3.8) is 0 Å². The molecule has 0 fully saturated rings. The fourth-order valence-electron chi connectivity index (χ4n) is 4.85. The zero-order valence-corrected chi connectivity index (χ0v) is 21.3. The number of aliphatic hydroxyl groups excluding tert-OH is 1. The molecule has 3 aromatic rings. The van der Waals surface area contributed by atoms with Gasteiger partial charge in [0.1, 0.15) is 0 Å². The monoisotopic (exact) mass is 498 g/mol. The van der Waals surface area contributed by atoms with Crippen LogP contribution in [0.1, 0.15) is 46.5 Å². The predicted octanol–water partition coefficient (Wildman–Crippen LogP) is 5.15. The quantitative estimate of drug-likeness (QED) is 0.400. The van der Waals surface area contributed by atoms with Gasteiger partial charge in [-0.25, -0.2) is 0 Å². The van der Waals surface area contributed by atoms with Crippen LogP contribution in [0.5, 0.6) is 0 Å². The summed E-state index contributed by atoms with van der Waals surface area (Å²) in [5.74, 6) is -0.124. The van der Waals surface area contributed by atoms with Crippen LogP contribution in [0.3, 0.4) is 0 Å². The molecule has 1 heterocycles. The minimum absolute atomic E-state index is 0.00415. The molecule has 0 bridgehead atoms. The fourth-order valence-corrected chi connectivity index (χ4v) is 4.85. The maximum atomic E-state index is 13.0. The Morgan fingerprint density at radius 2 is 1.70 bits per heavy atom. The molecular weight excluding hydrogens is 464 g/mol. The van der Waals surface area contributed by atoms with E-state index in [1.807, 2.05) is 79.7 Å². The lowest BCUT2D eigenvalue weighted by atomic mass is 9.93. The Kier molecular flexibility index (Phi) is 8.88. The summed E-state index contributed by atoms with van der Waals surface area (Å²) in [5, 5.41) is 12.8. The number of hydrogen-bond donors (Lipinski definition) is 2. The molecular formula is C31H34N2O4. The molecule has 1 aliphatic heterocycles. The van der Waals surface area contributed by atoms with E-state index in [-0.39, 0.29) is 42.9 Å². The van der Waals surface area contributed by atoms with E-state index in [9.17, 15) is 14.7 Å². The highest BCUT2D eigenvalue weighted by atomic mass is 16.5. The minimum Gasteiger partial charge on any atom is -0.394 e. The van der Waals surface area contributed by atoms with Gasteiger partial charge in [-0.2, -0.15) is 0 Å². The molecule has 192 valence electrons. The highest BCUT2D eigenvalue weighted by Gasteiger charge is 2.28. The van der Waals surface area contributed by atoms with E-state index >= 15 is 0 Å². The fraction of sp³-hybridized carbons (Fsp3) is 0.290. The maximum absolute atomic E-state index is 13.0. The van der Waals surface area contributed by atoms with Crippen molar-refractivity contribution < 1.29 is 19.4 Å². The summed E-state index contributed by atoms with van der Waals surface area (Å²) in [6.07, 6.45) is 4.64. The summed E-state index contributed by atoms with van der Waals surface area (Å²) in [4.78, 5) is 27.2. The molecule has 3 aromatic carbocycles. The van der Waals surface area contributed by atoms with Crippen molar-refractivity contribution in [3.8, 4) is 0 Å². The van der Waals surface area contributed by atoms with Crippen LogP contribution >= 0.6 is 0 Å². The third kappa shape index (κ3) is 6.53. The van der Waals surface area contributed by atoms with Gasteiger partial charge in [0, 0.05) is 37.2 Å². The van der Waals surface area contributed by atoms with Crippen molar-refractivity contribution in [2.45, 2.75) is 38.5 Å². The molecule has 0 saturated carbocycles. The Bertz CT molecular complexity index is 1220. The van der Waals surface area contributed by atoms with Gasteiger partial charge in [0.25, 0.3) is 5.91 Å². The van der Waals surface area contributed by atoms with Crippen LogP contribution < -0.4 is 5.32 Å². The zero-order chi connectivity index (χ0) is 26.2. The summed E-state index contributed by atoms with van der Waals surface area (Å²) in [6.45, 7) is 2.53. The number of anilines is 1. The van der Waals surface area contributed by atoms with E-state index in [0.717, 1.165) is 11.1 Å². The van der Waals surface area contributed by atoms with Gasteiger partial charge in [0.05, 0.1) is 18.8 Å². The molecule has 0 spiro atoms. The number of hydrogen-bond acceptors (Lipinski definition) is 4. The molecule has 37 heavy (non-hydrogen) atoms. The molecule has 1 aliphatic rings. The molecule has 6 heteroatoms. The molecule has 0 unspecified atom stereocenters. The van der Waals surface area contributed by atoms with Gasteiger partial charge in [-0.05, 0) is 47.4 Å². The number of nitrogens with one attached hydrogen (secondary N) is 1. The molecule has 0 aromatic heterocycles. The number of fused-ring (bicyclic) bond motifs is 1. The van der Waals surface area contributed by atoms with Gasteiger partial charge >= 0.3 is 0 Å². The van der Waals surface area contributed by atoms with Gasteiger partial charge in [0.2, 0.25) is 5.91 Å². The zero-order valence-electron chi connectivity index (χ0n) is 21.3. The summed E-state index contributed by atoms with van der Waals surface area (Å²) in [6, 6.07) is 24.6. The molecule has 0 aliphatic carbocycles. The van der Waals surface area contributed by atoms with Crippen LogP contribution in [0.4, 0.5) is 5.69 Å². The second-order valence-electron chi connectivity index (χ2n) is 9.42. The number of carbonyl (C=O) groups excluding carboxylic acids is 2. The smallest absolute Gasteiger partial charge is 0.255 e. The molecule has 3 atom stereocenters. The van der Waals surface area contributed by atoms with E-state index in [0.29, 0.717) is 24.2 Å². The van der Waals surface area contributed by atoms with Crippen LogP contribution in [0.15, 0.2) is 91.0 Å². The second-order valence-corrected chi connectivity index (χ2v) is 9.42. The Morgan fingerprint density at radius 1 is 1.03 bits per heavy atom. The maximum Gasteiger partial charge on any atom is 0.255 e. The van der Waals surface area contributed by atoms with Gasteiger partial charge < -0.3 is 20.1 Å². The first-order valence-electron chi connectivity index (χ1n) is 12.6. The Hall–Kier alpha value is -3.74. The molecule has 0 saturated heterocycles. The molecule has 2 N–H and O–H groups in total. The Balaban J connectivity index is 1.34. The van der Waals surface area contributed by atoms with Gasteiger partial charge in [-0.15, -0.1) is 0 Å².